The third-order valence-corrected chi connectivity index (χ3v) is 3.84. The van der Waals surface area contributed by atoms with Crippen molar-refractivity contribution in [3.05, 3.63) is 40.4 Å². The van der Waals surface area contributed by atoms with Gasteiger partial charge in [0.25, 0.3) is 0 Å². The first kappa shape index (κ1) is 11.9. The number of anilines is 2. The van der Waals surface area contributed by atoms with Gasteiger partial charge in [-0.25, -0.2) is 4.98 Å². The molecule has 0 bridgehead atoms. The summed E-state index contributed by atoms with van der Waals surface area (Å²) < 4.78 is 0. The molecular weight excluding hydrogens is 230 g/mol. The Labute approximate surface area is 106 Å². The minimum Gasteiger partial charge on any atom is -0.398 e. The van der Waals surface area contributed by atoms with Crippen molar-refractivity contribution in [1.82, 2.24) is 4.98 Å². The number of nitrogens with two attached hydrogens (primary N) is 1. The lowest BCUT2D eigenvalue weighted by molar-refractivity contribution is 0.883. The molecule has 17 heavy (non-hydrogen) atoms. The molecule has 90 valence electrons. The fraction of sp³-hybridized carbons (Fsp3) is 0.308. The number of para-hydroxylation sites is 1. The number of thiazole rings is 1. The van der Waals surface area contributed by atoms with Crippen LogP contribution in [0.5, 0.6) is 0 Å². The lowest BCUT2D eigenvalue weighted by Crippen LogP contribution is -2.08. The SMILES string of the molecule is Cc1nc(NC(C)c2ccccc2N)sc1C. The van der Waals surface area contributed by atoms with E-state index in [1.165, 1.54) is 4.88 Å². The summed E-state index contributed by atoms with van der Waals surface area (Å²) in [6.45, 7) is 6.20. The van der Waals surface area contributed by atoms with E-state index in [1.54, 1.807) is 11.3 Å². The maximum atomic E-state index is 5.95. The minimum atomic E-state index is 0.168. The fourth-order valence-electron chi connectivity index (χ4n) is 1.70. The third kappa shape index (κ3) is 2.58. The first-order valence-corrected chi connectivity index (χ1v) is 6.44. The Bertz CT molecular complexity index is 500. The molecule has 2 aromatic rings. The molecule has 0 radical (unpaired) electrons. The van der Waals surface area contributed by atoms with Crippen LogP contribution in [0, 0.1) is 13.8 Å². The van der Waals surface area contributed by atoms with Gasteiger partial charge in [-0.05, 0) is 32.4 Å². The standard InChI is InChI=1S/C13H17N3S/c1-8-10(3)17-13(15-8)16-9(2)11-6-4-5-7-12(11)14/h4-7,9H,14H2,1-3H3,(H,15,16). The molecule has 0 aliphatic rings. The zero-order chi connectivity index (χ0) is 12.4. The number of hydrogen-bond acceptors (Lipinski definition) is 4. The number of nitrogens with one attached hydrogen (secondary N) is 1. The van der Waals surface area contributed by atoms with Gasteiger partial charge in [0.1, 0.15) is 0 Å². The maximum Gasteiger partial charge on any atom is 0.183 e. The molecule has 1 aromatic heterocycles. The summed E-state index contributed by atoms with van der Waals surface area (Å²) in [7, 11) is 0. The summed E-state index contributed by atoms with van der Waals surface area (Å²) in [5, 5.41) is 4.34. The predicted molar refractivity (Wildman–Crippen MR) is 74.5 cm³/mol. The zero-order valence-electron chi connectivity index (χ0n) is 10.3. The molecule has 1 aromatic carbocycles. The summed E-state index contributed by atoms with van der Waals surface area (Å²) in [5.74, 6) is 0. The van der Waals surface area contributed by atoms with Gasteiger partial charge in [0.2, 0.25) is 0 Å². The van der Waals surface area contributed by atoms with E-state index in [2.05, 4.69) is 24.1 Å². The monoisotopic (exact) mass is 247 g/mol. The molecule has 1 atom stereocenters. The second kappa shape index (κ2) is 4.75. The van der Waals surface area contributed by atoms with Crippen molar-refractivity contribution in [2.45, 2.75) is 26.8 Å². The summed E-state index contributed by atoms with van der Waals surface area (Å²) in [4.78, 5) is 5.72. The average Bonchev–Trinajstić information content (AvgIpc) is 2.58. The second-order valence-electron chi connectivity index (χ2n) is 4.16. The predicted octanol–water partition coefficient (Wildman–Crippen LogP) is 3.52. The van der Waals surface area contributed by atoms with Crippen molar-refractivity contribution >= 4 is 22.2 Å². The Balaban J connectivity index is 2.17. The van der Waals surface area contributed by atoms with Gasteiger partial charge in [-0.2, -0.15) is 0 Å². The van der Waals surface area contributed by atoms with Gasteiger partial charge in [0.05, 0.1) is 11.7 Å². The number of aryl methyl sites for hydroxylation is 2. The van der Waals surface area contributed by atoms with Crippen LogP contribution in [0.2, 0.25) is 0 Å². The second-order valence-corrected chi connectivity index (χ2v) is 5.36. The lowest BCUT2D eigenvalue weighted by atomic mass is 10.1. The van der Waals surface area contributed by atoms with Gasteiger partial charge < -0.3 is 11.1 Å². The first-order chi connectivity index (χ1) is 8.08. The van der Waals surface area contributed by atoms with Crippen LogP contribution in [0.1, 0.15) is 29.1 Å². The number of nitrogen functional groups attached to an aromatic ring is 1. The van der Waals surface area contributed by atoms with E-state index >= 15 is 0 Å². The molecule has 0 aliphatic carbocycles. The highest BCUT2D eigenvalue weighted by molar-refractivity contribution is 7.15. The molecule has 3 nitrogen and oxygen atoms in total. The fourth-order valence-corrected chi connectivity index (χ4v) is 2.60. The highest BCUT2D eigenvalue weighted by Crippen LogP contribution is 2.27. The molecule has 4 heteroatoms. The largest absolute Gasteiger partial charge is 0.398 e. The zero-order valence-corrected chi connectivity index (χ0v) is 11.1. The van der Waals surface area contributed by atoms with Gasteiger partial charge in [0.15, 0.2) is 5.13 Å². The van der Waals surface area contributed by atoms with Crippen LogP contribution in [0.15, 0.2) is 24.3 Å². The van der Waals surface area contributed by atoms with Crippen LogP contribution in [0.4, 0.5) is 10.8 Å². The molecule has 0 saturated heterocycles. The molecule has 0 amide bonds. The Morgan fingerprint density at radius 1 is 1.29 bits per heavy atom. The Morgan fingerprint density at radius 2 is 2.00 bits per heavy atom. The number of benzene rings is 1. The van der Waals surface area contributed by atoms with Crippen LogP contribution in [0.25, 0.3) is 0 Å². The van der Waals surface area contributed by atoms with Crippen molar-refractivity contribution in [2.24, 2.45) is 0 Å². The van der Waals surface area contributed by atoms with Crippen molar-refractivity contribution in [2.75, 3.05) is 11.1 Å². The number of hydrogen-bond donors (Lipinski definition) is 2. The highest BCUT2D eigenvalue weighted by Gasteiger charge is 2.11. The van der Waals surface area contributed by atoms with Gasteiger partial charge in [-0.15, -0.1) is 11.3 Å². The lowest BCUT2D eigenvalue weighted by Gasteiger charge is -2.15. The molecule has 1 heterocycles. The Morgan fingerprint density at radius 3 is 2.59 bits per heavy atom. The van der Waals surface area contributed by atoms with Crippen LogP contribution in [-0.4, -0.2) is 4.98 Å². The third-order valence-electron chi connectivity index (χ3n) is 2.83. The number of nitrogens with zero attached hydrogens (tertiary/aromatic N) is 1. The quantitative estimate of drug-likeness (QED) is 0.816. The molecule has 1 unspecified atom stereocenters. The summed E-state index contributed by atoms with van der Waals surface area (Å²) >= 11 is 1.68. The average molecular weight is 247 g/mol. The molecule has 0 fully saturated rings. The topological polar surface area (TPSA) is 50.9 Å². The molecule has 3 N–H and O–H groups in total. The number of rotatable bonds is 3. The smallest absolute Gasteiger partial charge is 0.183 e. The molecule has 0 aliphatic heterocycles. The van der Waals surface area contributed by atoms with Crippen LogP contribution in [0.3, 0.4) is 0 Å². The molecule has 0 saturated carbocycles. The van der Waals surface area contributed by atoms with E-state index < -0.39 is 0 Å². The Hall–Kier alpha value is -1.55. The van der Waals surface area contributed by atoms with Crippen LogP contribution >= 0.6 is 11.3 Å². The summed E-state index contributed by atoms with van der Waals surface area (Å²) in [5.41, 5.74) is 8.97. The van der Waals surface area contributed by atoms with Gasteiger partial charge in [0, 0.05) is 10.6 Å². The van der Waals surface area contributed by atoms with Crippen LogP contribution in [-0.2, 0) is 0 Å². The minimum absolute atomic E-state index is 0.168. The molecule has 2 rings (SSSR count). The van der Waals surface area contributed by atoms with Crippen molar-refractivity contribution in [3.63, 3.8) is 0 Å². The first-order valence-electron chi connectivity index (χ1n) is 5.63. The van der Waals surface area contributed by atoms with Crippen molar-refractivity contribution in [1.29, 1.82) is 0 Å². The van der Waals surface area contributed by atoms with E-state index in [-0.39, 0.29) is 6.04 Å². The van der Waals surface area contributed by atoms with E-state index in [4.69, 9.17) is 5.73 Å². The van der Waals surface area contributed by atoms with Crippen molar-refractivity contribution in [3.8, 4) is 0 Å². The van der Waals surface area contributed by atoms with Crippen LogP contribution < -0.4 is 11.1 Å². The van der Waals surface area contributed by atoms with Gasteiger partial charge in [-0.3, -0.25) is 0 Å². The maximum absolute atomic E-state index is 5.95. The summed E-state index contributed by atoms with van der Waals surface area (Å²) in [6, 6.07) is 8.08. The van der Waals surface area contributed by atoms with E-state index in [9.17, 15) is 0 Å². The summed E-state index contributed by atoms with van der Waals surface area (Å²) in [6.07, 6.45) is 0. The Kier molecular flexibility index (Phi) is 3.33. The highest BCUT2D eigenvalue weighted by atomic mass is 32.1. The van der Waals surface area contributed by atoms with Gasteiger partial charge in [-0.1, -0.05) is 18.2 Å². The van der Waals surface area contributed by atoms with Crippen molar-refractivity contribution < 1.29 is 0 Å². The molecule has 0 spiro atoms. The van der Waals surface area contributed by atoms with E-state index in [0.29, 0.717) is 0 Å². The van der Waals surface area contributed by atoms with E-state index in [0.717, 1.165) is 22.1 Å². The van der Waals surface area contributed by atoms with Gasteiger partial charge >= 0.3 is 0 Å². The molecular formula is C13H17N3S. The number of aromatic nitrogens is 1. The van der Waals surface area contributed by atoms with E-state index in [1.807, 2.05) is 31.2 Å². The normalized spacial score (nSPS) is 12.4.